The van der Waals surface area contributed by atoms with Crippen LogP contribution < -0.4 is 5.32 Å². The summed E-state index contributed by atoms with van der Waals surface area (Å²) >= 11 is 3.23. The van der Waals surface area contributed by atoms with E-state index in [4.69, 9.17) is 4.74 Å². The second-order valence-electron chi connectivity index (χ2n) is 5.24. The molecule has 1 saturated carbocycles. The molecule has 2 N–H and O–H groups in total. The Bertz CT molecular complexity index is 487. The highest BCUT2D eigenvalue weighted by Crippen LogP contribution is 2.23. The first kappa shape index (κ1) is 15.1. The Balaban J connectivity index is 1.76. The van der Waals surface area contributed by atoms with Gasteiger partial charge in [0, 0.05) is 16.7 Å². The highest BCUT2D eigenvalue weighted by Gasteiger charge is 2.23. The van der Waals surface area contributed by atoms with Crippen molar-refractivity contribution in [2.24, 2.45) is 5.92 Å². The zero-order valence-electron chi connectivity index (χ0n) is 11.4. The summed E-state index contributed by atoms with van der Waals surface area (Å²) in [6.07, 6.45) is 6.15. The molecule has 1 aliphatic carbocycles. The molecule has 6 heteroatoms. The van der Waals surface area contributed by atoms with Gasteiger partial charge in [-0.15, -0.1) is 0 Å². The van der Waals surface area contributed by atoms with Gasteiger partial charge in [-0.1, -0.05) is 19.8 Å². The van der Waals surface area contributed by atoms with Gasteiger partial charge in [-0.25, -0.2) is 4.79 Å². The largest absolute Gasteiger partial charge is 0.451 e. The Morgan fingerprint density at radius 3 is 2.85 bits per heavy atom. The topological polar surface area (TPSA) is 71.2 Å². The number of H-pyrrole nitrogens is 1. The summed E-state index contributed by atoms with van der Waals surface area (Å²) in [6, 6.07) is 1.82. The van der Waals surface area contributed by atoms with Crippen molar-refractivity contribution in [1.82, 2.24) is 10.3 Å². The normalized spacial score (nSPS) is 22.3. The second kappa shape index (κ2) is 6.92. The number of carbonyl (C=O) groups excluding carboxylic acids is 2. The summed E-state index contributed by atoms with van der Waals surface area (Å²) in [5, 5.41) is 2.95. The molecule has 0 radical (unpaired) electrons. The van der Waals surface area contributed by atoms with Crippen LogP contribution in [0.1, 0.15) is 43.1 Å². The van der Waals surface area contributed by atoms with Gasteiger partial charge >= 0.3 is 5.97 Å². The summed E-state index contributed by atoms with van der Waals surface area (Å²) in [5.74, 6) is -0.270. The second-order valence-corrected chi connectivity index (χ2v) is 6.16. The fourth-order valence-corrected chi connectivity index (χ4v) is 2.82. The lowest BCUT2D eigenvalue weighted by atomic mass is 9.86. The fourth-order valence-electron chi connectivity index (χ4n) is 2.47. The number of rotatable bonds is 4. The molecule has 1 heterocycles. The Morgan fingerprint density at radius 2 is 2.20 bits per heavy atom. The minimum atomic E-state index is -0.525. The predicted octanol–water partition coefficient (Wildman–Crippen LogP) is 2.63. The number of amides is 1. The maximum atomic E-state index is 11.8. The number of halogens is 1. The average molecular weight is 343 g/mol. The van der Waals surface area contributed by atoms with E-state index in [1.54, 1.807) is 12.3 Å². The first-order valence-electron chi connectivity index (χ1n) is 6.86. The van der Waals surface area contributed by atoms with Crippen LogP contribution in [0, 0.1) is 5.92 Å². The van der Waals surface area contributed by atoms with E-state index in [2.05, 4.69) is 33.2 Å². The van der Waals surface area contributed by atoms with E-state index in [1.165, 1.54) is 6.42 Å². The van der Waals surface area contributed by atoms with E-state index in [1.807, 2.05) is 0 Å². The third-order valence-electron chi connectivity index (χ3n) is 3.66. The SMILES string of the molecule is CC1CCCCC1NC(=O)COC(=O)c1cc(Br)c[nH]1. The first-order chi connectivity index (χ1) is 9.56. The molecule has 110 valence electrons. The summed E-state index contributed by atoms with van der Waals surface area (Å²) in [6.45, 7) is 1.91. The lowest BCUT2D eigenvalue weighted by Crippen LogP contribution is -2.42. The van der Waals surface area contributed by atoms with E-state index < -0.39 is 5.97 Å². The Kier molecular flexibility index (Phi) is 5.23. The molecule has 0 spiro atoms. The number of ether oxygens (including phenoxy) is 1. The van der Waals surface area contributed by atoms with Crippen LogP contribution in [-0.4, -0.2) is 29.5 Å². The standard InChI is InChI=1S/C14H19BrN2O3/c1-9-4-2-3-5-11(9)17-13(18)8-20-14(19)12-6-10(15)7-16-12/h6-7,9,11,16H,2-5,8H2,1H3,(H,17,18). The van der Waals surface area contributed by atoms with E-state index in [-0.39, 0.29) is 18.6 Å². The van der Waals surface area contributed by atoms with E-state index in [9.17, 15) is 9.59 Å². The Morgan fingerprint density at radius 1 is 1.45 bits per heavy atom. The quantitative estimate of drug-likeness (QED) is 0.826. The molecule has 1 aromatic rings. The van der Waals surface area contributed by atoms with Crippen molar-refractivity contribution in [3.05, 3.63) is 22.4 Å². The number of nitrogens with one attached hydrogen (secondary N) is 2. The summed E-state index contributed by atoms with van der Waals surface area (Å²) < 4.78 is 5.75. The van der Waals surface area contributed by atoms with Gasteiger partial charge in [-0.05, 0) is 40.8 Å². The third kappa shape index (κ3) is 4.10. The van der Waals surface area contributed by atoms with Crippen molar-refractivity contribution in [1.29, 1.82) is 0 Å². The minimum absolute atomic E-state index is 0.203. The molecule has 2 rings (SSSR count). The van der Waals surface area contributed by atoms with Crippen LogP contribution in [0.25, 0.3) is 0 Å². The molecule has 20 heavy (non-hydrogen) atoms. The lowest BCUT2D eigenvalue weighted by Gasteiger charge is -2.29. The van der Waals surface area contributed by atoms with Crippen LogP contribution in [0.4, 0.5) is 0 Å². The molecule has 2 atom stereocenters. The maximum Gasteiger partial charge on any atom is 0.355 e. The summed E-state index contributed by atoms with van der Waals surface area (Å²) in [4.78, 5) is 26.2. The van der Waals surface area contributed by atoms with Gasteiger partial charge in [0.15, 0.2) is 6.61 Å². The molecule has 0 aliphatic heterocycles. The molecule has 1 aliphatic rings. The molecular weight excluding hydrogens is 324 g/mol. The van der Waals surface area contributed by atoms with Gasteiger partial charge in [-0.3, -0.25) is 4.79 Å². The molecular formula is C14H19BrN2O3. The Labute approximate surface area is 126 Å². The van der Waals surface area contributed by atoms with Crippen molar-refractivity contribution in [3.8, 4) is 0 Å². The van der Waals surface area contributed by atoms with E-state index in [0.717, 1.165) is 23.7 Å². The highest BCUT2D eigenvalue weighted by molar-refractivity contribution is 9.10. The number of aromatic amines is 1. The summed E-state index contributed by atoms with van der Waals surface area (Å²) in [7, 11) is 0. The Hall–Kier alpha value is -1.30. The monoisotopic (exact) mass is 342 g/mol. The molecule has 1 aromatic heterocycles. The van der Waals surface area contributed by atoms with Crippen molar-refractivity contribution in [3.63, 3.8) is 0 Å². The van der Waals surface area contributed by atoms with Gasteiger partial charge in [0.1, 0.15) is 5.69 Å². The van der Waals surface area contributed by atoms with Gasteiger partial charge in [-0.2, -0.15) is 0 Å². The minimum Gasteiger partial charge on any atom is -0.451 e. The predicted molar refractivity (Wildman–Crippen MR) is 78.3 cm³/mol. The maximum absolute atomic E-state index is 11.8. The first-order valence-corrected chi connectivity index (χ1v) is 7.66. The van der Waals surface area contributed by atoms with Crippen molar-refractivity contribution in [2.75, 3.05) is 6.61 Å². The molecule has 2 unspecified atom stereocenters. The molecule has 0 saturated heterocycles. The molecule has 5 nitrogen and oxygen atoms in total. The lowest BCUT2D eigenvalue weighted by molar-refractivity contribution is -0.125. The summed E-state index contributed by atoms with van der Waals surface area (Å²) in [5.41, 5.74) is 0.329. The molecule has 1 amide bonds. The fraction of sp³-hybridized carbons (Fsp3) is 0.571. The van der Waals surface area contributed by atoms with Gasteiger partial charge in [0.05, 0.1) is 0 Å². The van der Waals surface area contributed by atoms with E-state index in [0.29, 0.717) is 11.6 Å². The van der Waals surface area contributed by atoms with Crippen LogP contribution in [0.5, 0.6) is 0 Å². The van der Waals surface area contributed by atoms with Gasteiger partial charge in [0.2, 0.25) is 0 Å². The third-order valence-corrected chi connectivity index (χ3v) is 4.12. The molecule has 0 bridgehead atoms. The average Bonchev–Trinajstić information content (AvgIpc) is 2.85. The number of hydrogen-bond acceptors (Lipinski definition) is 3. The smallest absolute Gasteiger partial charge is 0.355 e. The van der Waals surface area contributed by atoms with Crippen LogP contribution in [0.15, 0.2) is 16.7 Å². The molecule has 1 fully saturated rings. The van der Waals surface area contributed by atoms with Gasteiger partial charge in [0.25, 0.3) is 5.91 Å². The zero-order chi connectivity index (χ0) is 14.5. The van der Waals surface area contributed by atoms with Crippen molar-refractivity contribution >= 4 is 27.8 Å². The van der Waals surface area contributed by atoms with Crippen molar-refractivity contribution in [2.45, 2.75) is 38.6 Å². The van der Waals surface area contributed by atoms with Crippen LogP contribution in [0.3, 0.4) is 0 Å². The zero-order valence-corrected chi connectivity index (χ0v) is 13.0. The molecule has 0 aromatic carbocycles. The number of esters is 1. The number of carbonyl (C=O) groups is 2. The van der Waals surface area contributed by atoms with Gasteiger partial charge < -0.3 is 15.0 Å². The van der Waals surface area contributed by atoms with Crippen molar-refractivity contribution < 1.29 is 14.3 Å². The van der Waals surface area contributed by atoms with Crippen LogP contribution in [-0.2, 0) is 9.53 Å². The highest BCUT2D eigenvalue weighted by atomic mass is 79.9. The van der Waals surface area contributed by atoms with Crippen LogP contribution in [0.2, 0.25) is 0 Å². The number of aromatic nitrogens is 1. The number of hydrogen-bond donors (Lipinski definition) is 2. The van der Waals surface area contributed by atoms with Crippen LogP contribution >= 0.6 is 15.9 Å². The van der Waals surface area contributed by atoms with E-state index >= 15 is 0 Å².